The van der Waals surface area contributed by atoms with Crippen molar-refractivity contribution in [1.29, 1.82) is 0 Å². The van der Waals surface area contributed by atoms with E-state index in [9.17, 15) is 4.79 Å². The standard InChI is InChI=1S/C12H17NO2S/c1-12(2,3)16-9-7-5-6-8(10(9)13)11(14)15-4/h5-7H,13H2,1-4H3. The number of thioether (sulfide) groups is 1. The molecule has 0 aliphatic heterocycles. The molecule has 16 heavy (non-hydrogen) atoms. The van der Waals surface area contributed by atoms with E-state index >= 15 is 0 Å². The molecule has 0 radical (unpaired) electrons. The molecule has 0 aliphatic carbocycles. The zero-order chi connectivity index (χ0) is 12.3. The molecule has 88 valence electrons. The predicted molar refractivity (Wildman–Crippen MR) is 67.8 cm³/mol. The van der Waals surface area contributed by atoms with E-state index in [0.29, 0.717) is 11.3 Å². The molecule has 0 saturated carbocycles. The van der Waals surface area contributed by atoms with Crippen LogP contribution in [0.2, 0.25) is 0 Å². The first-order chi connectivity index (χ1) is 7.35. The highest BCUT2D eigenvalue weighted by Gasteiger charge is 2.18. The van der Waals surface area contributed by atoms with E-state index in [2.05, 4.69) is 25.5 Å². The molecule has 0 heterocycles. The molecule has 2 N–H and O–H groups in total. The molecule has 1 aromatic rings. The minimum absolute atomic E-state index is 0.0584. The number of carbonyl (C=O) groups excluding carboxylic acids is 1. The van der Waals surface area contributed by atoms with Gasteiger partial charge in [-0.1, -0.05) is 26.8 Å². The first-order valence-corrected chi connectivity index (χ1v) is 5.82. The van der Waals surface area contributed by atoms with E-state index in [1.54, 1.807) is 17.8 Å². The quantitative estimate of drug-likeness (QED) is 0.490. The highest BCUT2D eigenvalue weighted by atomic mass is 32.2. The molecule has 0 saturated heterocycles. The third-order valence-corrected chi connectivity index (χ3v) is 3.08. The zero-order valence-electron chi connectivity index (χ0n) is 10.0. The second-order valence-corrected chi connectivity index (χ2v) is 6.29. The van der Waals surface area contributed by atoms with Crippen molar-refractivity contribution in [2.24, 2.45) is 0 Å². The van der Waals surface area contributed by atoms with Crippen LogP contribution >= 0.6 is 11.8 Å². The topological polar surface area (TPSA) is 52.3 Å². The van der Waals surface area contributed by atoms with Crippen LogP contribution in [-0.4, -0.2) is 17.8 Å². The highest BCUT2D eigenvalue weighted by Crippen LogP contribution is 2.36. The second-order valence-electron chi connectivity index (χ2n) is 4.42. The number of rotatable bonds is 2. The molecule has 4 heteroatoms. The van der Waals surface area contributed by atoms with Crippen LogP contribution in [0.1, 0.15) is 31.1 Å². The maximum Gasteiger partial charge on any atom is 0.339 e. The van der Waals surface area contributed by atoms with Gasteiger partial charge < -0.3 is 10.5 Å². The summed E-state index contributed by atoms with van der Waals surface area (Å²) in [6, 6.07) is 5.41. The van der Waals surface area contributed by atoms with Gasteiger partial charge in [0, 0.05) is 9.64 Å². The Kier molecular flexibility index (Phi) is 3.86. The molecular formula is C12H17NO2S. The van der Waals surface area contributed by atoms with Crippen LogP contribution < -0.4 is 5.73 Å². The number of benzene rings is 1. The lowest BCUT2D eigenvalue weighted by atomic mass is 10.2. The highest BCUT2D eigenvalue weighted by molar-refractivity contribution is 8.00. The number of hydrogen-bond acceptors (Lipinski definition) is 4. The monoisotopic (exact) mass is 239 g/mol. The first kappa shape index (κ1) is 12.9. The summed E-state index contributed by atoms with van der Waals surface area (Å²) in [6.45, 7) is 6.30. The maximum atomic E-state index is 11.4. The lowest BCUT2D eigenvalue weighted by Crippen LogP contribution is -2.10. The molecule has 0 unspecified atom stereocenters. The van der Waals surface area contributed by atoms with Gasteiger partial charge in [-0.2, -0.15) is 0 Å². The number of methoxy groups -OCH3 is 1. The lowest BCUT2D eigenvalue weighted by Gasteiger charge is -2.19. The van der Waals surface area contributed by atoms with Crippen molar-refractivity contribution in [3.8, 4) is 0 Å². The Morgan fingerprint density at radius 2 is 2.00 bits per heavy atom. The number of esters is 1. The van der Waals surface area contributed by atoms with Gasteiger partial charge in [-0.3, -0.25) is 0 Å². The Hall–Kier alpha value is -1.16. The molecule has 0 aliphatic rings. The Bertz CT molecular complexity index is 396. The van der Waals surface area contributed by atoms with Gasteiger partial charge in [0.05, 0.1) is 18.4 Å². The van der Waals surface area contributed by atoms with Gasteiger partial charge >= 0.3 is 5.97 Å². The first-order valence-electron chi connectivity index (χ1n) is 5.01. The molecule has 3 nitrogen and oxygen atoms in total. The minimum Gasteiger partial charge on any atom is -0.465 e. The summed E-state index contributed by atoms with van der Waals surface area (Å²) in [5.74, 6) is -0.395. The number of nitrogen functional groups attached to an aromatic ring is 1. The Labute approximate surface area is 100 Å². The summed E-state index contributed by atoms with van der Waals surface area (Å²) >= 11 is 1.64. The van der Waals surface area contributed by atoms with Crippen LogP contribution in [0.15, 0.2) is 23.1 Å². The van der Waals surface area contributed by atoms with E-state index in [1.165, 1.54) is 7.11 Å². The second kappa shape index (κ2) is 4.78. The fourth-order valence-corrected chi connectivity index (χ4v) is 2.28. The summed E-state index contributed by atoms with van der Waals surface area (Å²) in [5, 5.41) is 0. The van der Waals surface area contributed by atoms with Crippen LogP contribution in [0.3, 0.4) is 0 Å². The zero-order valence-corrected chi connectivity index (χ0v) is 10.9. The summed E-state index contributed by atoms with van der Waals surface area (Å²) in [4.78, 5) is 12.4. The van der Waals surface area contributed by atoms with Crippen molar-refractivity contribution in [3.05, 3.63) is 23.8 Å². The number of nitrogens with two attached hydrogens (primary N) is 1. The number of anilines is 1. The third kappa shape index (κ3) is 3.17. The molecule has 1 rings (SSSR count). The molecule has 0 aromatic heterocycles. The van der Waals surface area contributed by atoms with Crippen molar-refractivity contribution >= 4 is 23.4 Å². The van der Waals surface area contributed by atoms with E-state index in [0.717, 1.165) is 4.90 Å². The summed E-state index contributed by atoms with van der Waals surface area (Å²) in [5.41, 5.74) is 6.87. The van der Waals surface area contributed by atoms with Gasteiger partial charge in [0.15, 0.2) is 0 Å². The van der Waals surface area contributed by atoms with Gasteiger partial charge in [-0.05, 0) is 12.1 Å². The van der Waals surface area contributed by atoms with E-state index in [4.69, 9.17) is 5.73 Å². The van der Waals surface area contributed by atoms with Crippen LogP contribution in [0, 0.1) is 0 Å². The van der Waals surface area contributed by atoms with Crippen molar-refractivity contribution < 1.29 is 9.53 Å². The predicted octanol–water partition coefficient (Wildman–Crippen LogP) is 2.95. The molecule has 0 spiro atoms. The fraction of sp³-hybridized carbons (Fsp3) is 0.417. The molecular weight excluding hydrogens is 222 g/mol. The molecule has 0 bridgehead atoms. The minimum atomic E-state index is -0.395. The molecule has 1 aromatic carbocycles. The lowest BCUT2D eigenvalue weighted by molar-refractivity contribution is 0.0601. The van der Waals surface area contributed by atoms with Crippen LogP contribution in [0.25, 0.3) is 0 Å². The maximum absolute atomic E-state index is 11.4. The molecule has 0 atom stereocenters. The normalized spacial score (nSPS) is 11.2. The van der Waals surface area contributed by atoms with Crippen molar-refractivity contribution in [3.63, 3.8) is 0 Å². The fourth-order valence-electron chi connectivity index (χ4n) is 1.25. The third-order valence-electron chi connectivity index (χ3n) is 1.89. The SMILES string of the molecule is COC(=O)c1cccc(SC(C)(C)C)c1N. The number of hydrogen-bond donors (Lipinski definition) is 1. The number of carbonyl (C=O) groups is 1. The summed E-state index contributed by atoms with van der Waals surface area (Å²) < 4.78 is 4.73. The molecule has 0 amide bonds. The Balaban J connectivity index is 3.09. The Morgan fingerprint density at radius 3 is 2.50 bits per heavy atom. The average molecular weight is 239 g/mol. The van der Waals surface area contributed by atoms with E-state index in [-0.39, 0.29) is 4.75 Å². The van der Waals surface area contributed by atoms with Crippen LogP contribution in [0.5, 0.6) is 0 Å². The average Bonchev–Trinajstić information content (AvgIpc) is 2.18. The van der Waals surface area contributed by atoms with E-state index in [1.807, 2.05) is 12.1 Å². The smallest absolute Gasteiger partial charge is 0.339 e. The van der Waals surface area contributed by atoms with Crippen molar-refractivity contribution in [2.75, 3.05) is 12.8 Å². The number of ether oxygens (including phenoxy) is 1. The van der Waals surface area contributed by atoms with Gasteiger partial charge in [0.2, 0.25) is 0 Å². The summed E-state index contributed by atoms with van der Waals surface area (Å²) in [6.07, 6.45) is 0. The van der Waals surface area contributed by atoms with Crippen molar-refractivity contribution in [2.45, 2.75) is 30.4 Å². The largest absolute Gasteiger partial charge is 0.465 e. The molecule has 0 fully saturated rings. The summed E-state index contributed by atoms with van der Waals surface area (Å²) in [7, 11) is 1.35. The van der Waals surface area contributed by atoms with Gasteiger partial charge in [-0.25, -0.2) is 4.79 Å². The van der Waals surface area contributed by atoms with Crippen LogP contribution in [0.4, 0.5) is 5.69 Å². The Morgan fingerprint density at radius 1 is 1.38 bits per heavy atom. The van der Waals surface area contributed by atoms with Gasteiger partial charge in [0.25, 0.3) is 0 Å². The van der Waals surface area contributed by atoms with E-state index < -0.39 is 5.97 Å². The number of para-hydroxylation sites is 1. The van der Waals surface area contributed by atoms with Gasteiger partial charge in [0.1, 0.15) is 0 Å². The van der Waals surface area contributed by atoms with Gasteiger partial charge in [-0.15, -0.1) is 11.8 Å². The van der Waals surface area contributed by atoms with Crippen LogP contribution in [-0.2, 0) is 4.74 Å². The van der Waals surface area contributed by atoms with Crippen molar-refractivity contribution in [1.82, 2.24) is 0 Å².